The maximum atomic E-state index is 12.5. The first-order valence-electron chi connectivity index (χ1n) is 7.95. The lowest BCUT2D eigenvalue weighted by molar-refractivity contribution is 0.0527. The summed E-state index contributed by atoms with van der Waals surface area (Å²) in [5.74, 6) is -0.957. The Hall–Kier alpha value is -3.60. The third kappa shape index (κ3) is 2.91. The number of nitrogens with zero attached hydrogens (tertiary/aromatic N) is 3. The van der Waals surface area contributed by atoms with E-state index in [0.717, 1.165) is 10.1 Å². The number of rotatable bonds is 4. The molecule has 0 radical (unpaired) electrons. The van der Waals surface area contributed by atoms with Gasteiger partial charge in [0.2, 0.25) is 5.88 Å². The fraction of sp³-hybridized carbons (Fsp3) is 0.222. The zero-order chi connectivity index (χ0) is 18.8. The number of aryl methyl sites for hydroxylation is 1. The normalized spacial score (nSPS) is 10.7. The van der Waals surface area contributed by atoms with Crippen molar-refractivity contribution < 1.29 is 14.6 Å². The Kier molecular flexibility index (Phi) is 4.45. The van der Waals surface area contributed by atoms with Crippen LogP contribution in [0.4, 0.5) is 0 Å². The van der Waals surface area contributed by atoms with Gasteiger partial charge >= 0.3 is 5.97 Å². The third-order valence-corrected chi connectivity index (χ3v) is 3.98. The van der Waals surface area contributed by atoms with Crippen molar-refractivity contribution in [2.75, 3.05) is 6.61 Å². The summed E-state index contributed by atoms with van der Waals surface area (Å²) in [6, 6.07) is 8.71. The summed E-state index contributed by atoms with van der Waals surface area (Å²) in [5, 5.41) is 23.5. The molecular weight excluding hydrogens is 336 g/mol. The number of aromatic nitrogens is 3. The van der Waals surface area contributed by atoms with Gasteiger partial charge in [0, 0.05) is 6.42 Å². The van der Waals surface area contributed by atoms with Crippen LogP contribution in [-0.2, 0) is 11.2 Å². The molecule has 132 valence electrons. The van der Waals surface area contributed by atoms with Crippen LogP contribution < -0.4 is 5.56 Å². The van der Waals surface area contributed by atoms with Crippen LogP contribution >= 0.6 is 0 Å². The third-order valence-electron chi connectivity index (χ3n) is 3.98. The molecule has 8 heteroatoms. The Morgan fingerprint density at radius 2 is 2.08 bits per heavy atom. The molecule has 0 bridgehead atoms. The molecule has 0 atom stereocenters. The van der Waals surface area contributed by atoms with Crippen LogP contribution in [0.1, 0.15) is 39.7 Å². The van der Waals surface area contributed by atoms with Gasteiger partial charge in [-0.3, -0.25) is 4.79 Å². The molecule has 2 heterocycles. The lowest BCUT2D eigenvalue weighted by atomic mass is 10.1. The number of aromatic amines is 1. The predicted octanol–water partition coefficient (Wildman–Crippen LogP) is 1.68. The molecule has 0 unspecified atom stereocenters. The molecule has 2 N–H and O–H groups in total. The highest BCUT2D eigenvalue weighted by Crippen LogP contribution is 2.22. The largest absolute Gasteiger partial charge is 0.493 e. The molecule has 0 aliphatic heterocycles. The van der Waals surface area contributed by atoms with Gasteiger partial charge in [-0.2, -0.15) is 14.9 Å². The summed E-state index contributed by atoms with van der Waals surface area (Å²) < 4.78 is 6.11. The van der Waals surface area contributed by atoms with Gasteiger partial charge in [0.05, 0.1) is 29.5 Å². The number of hydrogen-bond acceptors (Lipinski definition) is 6. The zero-order valence-electron chi connectivity index (χ0n) is 14.2. The second kappa shape index (κ2) is 6.72. The zero-order valence-corrected chi connectivity index (χ0v) is 14.2. The van der Waals surface area contributed by atoms with Crippen molar-refractivity contribution in [1.82, 2.24) is 14.6 Å². The van der Waals surface area contributed by atoms with E-state index in [1.807, 2.05) is 6.07 Å². The minimum Gasteiger partial charge on any atom is -0.493 e. The molecule has 26 heavy (non-hydrogen) atoms. The summed E-state index contributed by atoms with van der Waals surface area (Å²) in [5.41, 5.74) is 1.38. The minimum atomic E-state index is -0.616. The SMILES string of the molecule is CCOC(=O)c1c(C)nn2c(O)c(Cc3ccc(C#N)cc3)c(=O)[nH]c12. The van der Waals surface area contributed by atoms with Crippen LogP contribution in [0, 0.1) is 18.3 Å². The van der Waals surface area contributed by atoms with Gasteiger partial charge in [0.1, 0.15) is 5.56 Å². The van der Waals surface area contributed by atoms with E-state index in [1.54, 1.807) is 38.1 Å². The lowest BCUT2D eigenvalue weighted by Crippen LogP contribution is -2.17. The highest BCUT2D eigenvalue weighted by molar-refractivity contribution is 5.97. The number of carbonyl (C=O) groups is 1. The molecule has 3 aromatic rings. The molecule has 8 nitrogen and oxygen atoms in total. The molecular formula is C18H16N4O4. The molecule has 0 saturated heterocycles. The first kappa shape index (κ1) is 17.2. The molecule has 0 fully saturated rings. The van der Waals surface area contributed by atoms with Crippen molar-refractivity contribution in [2.24, 2.45) is 0 Å². The van der Waals surface area contributed by atoms with Crippen LogP contribution in [0.2, 0.25) is 0 Å². The van der Waals surface area contributed by atoms with Crippen molar-refractivity contribution in [3.05, 3.63) is 62.6 Å². The number of benzene rings is 1. The molecule has 0 aliphatic rings. The first-order valence-corrected chi connectivity index (χ1v) is 7.95. The molecule has 0 spiro atoms. The Labute approximate surface area is 148 Å². The molecule has 2 aromatic heterocycles. The maximum Gasteiger partial charge on any atom is 0.343 e. The topological polar surface area (TPSA) is 120 Å². The summed E-state index contributed by atoms with van der Waals surface area (Å²) >= 11 is 0. The van der Waals surface area contributed by atoms with E-state index >= 15 is 0 Å². The van der Waals surface area contributed by atoms with E-state index in [2.05, 4.69) is 10.1 Å². The van der Waals surface area contributed by atoms with Gasteiger partial charge in [0.25, 0.3) is 5.56 Å². The Morgan fingerprint density at radius 1 is 1.38 bits per heavy atom. The number of ether oxygens (including phenoxy) is 1. The van der Waals surface area contributed by atoms with Crippen LogP contribution in [-0.4, -0.2) is 32.3 Å². The standard InChI is InChI=1S/C18H16N4O4/c1-3-26-18(25)14-10(2)21-22-15(14)20-16(23)13(17(22)24)8-11-4-6-12(9-19)7-5-11/h4-7,24H,3,8H2,1-2H3,(H,20,23). The van der Waals surface area contributed by atoms with Crippen molar-refractivity contribution in [2.45, 2.75) is 20.3 Å². The van der Waals surface area contributed by atoms with Crippen molar-refractivity contribution in [3.63, 3.8) is 0 Å². The first-order chi connectivity index (χ1) is 12.5. The predicted molar refractivity (Wildman–Crippen MR) is 92.1 cm³/mol. The number of carbonyl (C=O) groups excluding carboxylic acids is 1. The fourth-order valence-corrected chi connectivity index (χ4v) is 2.72. The van der Waals surface area contributed by atoms with Gasteiger partial charge in [-0.15, -0.1) is 0 Å². The van der Waals surface area contributed by atoms with Crippen molar-refractivity contribution >= 4 is 11.6 Å². The van der Waals surface area contributed by atoms with Gasteiger partial charge in [0.15, 0.2) is 5.65 Å². The number of esters is 1. The second-order valence-corrected chi connectivity index (χ2v) is 5.68. The van der Waals surface area contributed by atoms with E-state index in [-0.39, 0.29) is 35.7 Å². The lowest BCUT2D eigenvalue weighted by Gasteiger charge is -2.07. The molecule has 3 rings (SSSR count). The summed E-state index contributed by atoms with van der Waals surface area (Å²) in [6.07, 6.45) is 0.149. The summed E-state index contributed by atoms with van der Waals surface area (Å²) in [7, 11) is 0. The Morgan fingerprint density at radius 3 is 2.69 bits per heavy atom. The molecule has 1 aromatic carbocycles. The van der Waals surface area contributed by atoms with Crippen molar-refractivity contribution in [1.29, 1.82) is 5.26 Å². The summed E-state index contributed by atoms with van der Waals surface area (Å²) in [4.78, 5) is 27.2. The van der Waals surface area contributed by atoms with Crippen LogP contribution in [0.25, 0.3) is 5.65 Å². The van der Waals surface area contributed by atoms with E-state index in [9.17, 15) is 14.7 Å². The Balaban J connectivity index is 2.09. The molecule has 0 aliphatic carbocycles. The maximum absolute atomic E-state index is 12.5. The number of hydrogen-bond donors (Lipinski definition) is 2. The van der Waals surface area contributed by atoms with Gasteiger partial charge in [-0.1, -0.05) is 12.1 Å². The average Bonchev–Trinajstić information content (AvgIpc) is 2.95. The minimum absolute atomic E-state index is 0.0898. The smallest absolute Gasteiger partial charge is 0.343 e. The van der Waals surface area contributed by atoms with Gasteiger partial charge in [-0.05, 0) is 31.5 Å². The number of fused-ring (bicyclic) bond motifs is 1. The average molecular weight is 352 g/mol. The van der Waals surface area contributed by atoms with Gasteiger partial charge in [-0.25, -0.2) is 4.79 Å². The number of nitriles is 1. The highest BCUT2D eigenvalue weighted by Gasteiger charge is 2.23. The number of nitrogens with one attached hydrogen (secondary N) is 1. The monoisotopic (exact) mass is 352 g/mol. The number of aromatic hydroxyl groups is 1. The van der Waals surface area contributed by atoms with Crippen LogP contribution in [0.15, 0.2) is 29.1 Å². The fourth-order valence-electron chi connectivity index (χ4n) is 2.72. The van der Waals surface area contributed by atoms with E-state index in [4.69, 9.17) is 10.00 Å². The quantitative estimate of drug-likeness (QED) is 0.689. The number of H-pyrrole nitrogens is 1. The Bertz CT molecular complexity index is 1090. The van der Waals surface area contributed by atoms with Crippen LogP contribution in [0.5, 0.6) is 5.88 Å². The molecule has 0 saturated carbocycles. The van der Waals surface area contributed by atoms with Crippen molar-refractivity contribution in [3.8, 4) is 11.9 Å². The van der Waals surface area contributed by atoms with E-state index in [1.165, 1.54) is 0 Å². The van der Waals surface area contributed by atoms with Crippen LogP contribution in [0.3, 0.4) is 0 Å². The second-order valence-electron chi connectivity index (χ2n) is 5.68. The van der Waals surface area contributed by atoms with E-state index in [0.29, 0.717) is 11.3 Å². The van der Waals surface area contributed by atoms with Gasteiger partial charge < -0.3 is 14.8 Å². The molecule has 0 amide bonds. The highest BCUT2D eigenvalue weighted by atomic mass is 16.5. The van der Waals surface area contributed by atoms with E-state index < -0.39 is 11.5 Å². The summed E-state index contributed by atoms with van der Waals surface area (Å²) in [6.45, 7) is 3.45.